The van der Waals surface area contributed by atoms with Crippen molar-refractivity contribution in [3.8, 4) is 11.3 Å². The number of carbonyl (C=O) groups is 1. The predicted molar refractivity (Wildman–Crippen MR) is 110 cm³/mol. The van der Waals surface area contributed by atoms with Gasteiger partial charge < -0.3 is 14.1 Å². The van der Waals surface area contributed by atoms with Crippen LogP contribution in [0.3, 0.4) is 0 Å². The van der Waals surface area contributed by atoms with Crippen LogP contribution in [-0.4, -0.2) is 46.2 Å². The predicted octanol–water partition coefficient (Wildman–Crippen LogP) is 3.93. The summed E-state index contributed by atoms with van der Waals surface area (Å²) in [6.07, 6.45) is 1.76. The van der Waals surface area contributed by atoms with Gasteiger partial charge in [-0.05, 0) is 43.8 Å². The van der Waals surface area contributed by atoms with E-state index in [9.17, 15) is 14.9 Å². The summed E-state index contributed by atoms with van der Waals surface area (Å²) in [5, 5.41) is 11.9. The molecule has 0 aliphatic carbocycles. The summed E-state index contributed by atoms with van der Waals surface area (Å²) in [4.78, 5) is 29.8. The third kappa shape index (κ3) is 4.10. The van der Waals surface area contributed by atoms with Crippen LogP contribution in [0.2, 0.25) is 0 Å². The summed E-state index contributed by atoms with van der Waals surface area (Å²) in [5.41, 5.74) is 0.356. The van der Waals surface area contributed by atoms with Crippen molar-refractivity contribution < 1.29 is 18.9 Å². The Bertz CT molecular complexity index is 1020. The highest BCUT2D eigenvalue weighted by Crippen LogP contribution is 2.34. The summed E-state index contributed by atoms with van der Waals surface area (Å²) >= 11 is 1.30. The molecule has 1 saturated heterocycles. The second-order valence-electron chi connectivity index (χ2n) is 6.95. The zero-order valence-corrected chi connectivity index (χ0v) is 16.7. The van der Waals surface area contributed by atoms with E-state index in [-0.39, 0.29) is 23.8 Å². The van der Waals surface area contributed by atoms with Gasteiger partial charge in [-0.2, -0.15) is 4.99 Å². The fourth-order valence-electron chi connectivity index (χ4n) is 3.41. The fraction of sp³-hybridized carbons (Fsp3) is 0.300. The van der Waals surface area contributed by atoms with E-state index in [4.69, 9.17) is 9.15 Å². The summed E-state index contributed by atoms with van der Waals surface area (Å²) in [6, 6.07) is 9.72. The number of nitrogens with zero attached hydrogens (tertiary/aromatic N) is 3. The summed E-state index contributed by atoms with van der Waals surface area (Å²) < 4.78 is 11.5. The number of amidine groups is 1. The van der Waals surface area contributed by atoms with Crippen molar-refractivity contribution in [3.63, 3.8) is 0 Å². The van der Waals surface area contributed by atoms with Crippen LogP contribution in [0.15, 0.2) is 50.7 Å². The molecule has 0 spiro atoms. The average molecular weight is 413 g/mol. The molecule has 4 rings (SSSR count). The van der Waals surface area contributed by atoms with E-state index in [0.29, 0.717) is 40.2 Å². The van der Waals surface area contributed by atoms with Gasteiger partial charge in [0.15, 0.2) is 5.17 Å². The first-order valence-corrected chi connectivity index (χ1v) is 9.99. The van der Waals surface area contributed by atoms with Crippen molar-refractivity contribution in [1.29, 1.82) is 0 Å². The molecule has 2 atom stereocenters. The molecule has 1 fully saturated rings. The van der Waals surface area contributed by atoms with Gasteiger partial charge >= 0.3 is 0 Å². The first kappa shape index (κ1) is 19.4. The summed E-state index contributed by atoms with van der Waals surface area (Å²) in [7, 11) is 0. The van der Waals surface area contributed by atoms with Crippen molar-refractivity contribution in [2.45, 2.75) is 26.1 Å². The lowest BCUT2D eigenvalue weighted by atomic mass is 10.1. The average Bonchev–Trinajstić information content (AvgIpc) is 3.28. The Morgan fingerprint density at radius 2 is 1.93 bits per heavy atom. The normalized spacial score (nSPS) is 23.5. The number of benzene rings is 1. The van der Waals surface area contributed by atoms with Crippen LogP contribution >= 0.6 is 11.8 Å². The molecule has 9 heteroatoms. The first-order valence-electron chi connectivity index (χ1n) is 9.17. The van der Waals surface area contributed by atoms with E-state index in [2.05, 4.69) is 9.89 Å². The Morgan fingerprint density at radius 1 is 1.21 bits per heavy atom. The largest absolute Gasteiger partial charge is 0.456 e. The zero-order chi connectivity index (χ0) is 20.5. The number of ether oxygens (including phenoxy) is 1. The van der Waals surface area contributed by atoms with Gasteiger partial charge in [-0.3, -0.25) is 14.9 Å². The smallest absolute Gasteiger partial charge is 0.286 e. The molecule has 0 bridgehead atoms. The third-order valence-corrected chi connectivity index (χ3v) is 5.61. The minimum Gasteiger partial charge on any atom is -0.456 e. The number of furan rings is 1. The van der Waals surface area contributed by atoms with Crippen LogP contribution in [0.25, 0.3) is 17.4 Å². The van der Waals surface area contributed by atoms with Crippen molar-refractivity contribution >= 4 is 34.6 Å². The van der Waals surface area contributed by atoms with Crippen LogP contribution in [0.5, 0.6) is 0 Å². The maximum atomic E-state index is 12.3. The minimum atomic E-state index is -0.448. The van der Waals surface area contributed by atoms with Crippen molar-refractivity contribution in [2.75, 3.05) is 13.1 Å². The standard InChI is InChI=1S/C20H19N3O5S/c1-12-10-22(11-13(2)27-12)20-21-19(24)18(29-20)9-14-7-8-17(28-14)15-5-3-4-6-16(15)23(25)26/h3-9,12-13H,10-11H2,1-2H3/b18-9-/t12-,13-/m0/s1. The van der Waals surface area contributed by atoms with Crippen LogP contribution in [0, 0.1) is 10.1 Å². The van der Waals surface area contributed by atoms with Gasteiger partial charge in [0.1, 0.15) is 11.5 Å². The maximum absolute atomic E-state index is 12.3. The number of hydrogen-bond acceptors (Lipinski definition) is 7. The third-order valence-electron chi connectivity index (χ3n) is 4.57. The Morgan fingerprint density at radius 3 is 2.66 bits per heavy atom. The second kappa shape index (κ2) is 7.84. The molecule has 0 N–H and O–H groups in total. The molecule has 2 aromatic rings. The van der Waals surface area contributed by atoms with Gasteiger partial charge in [0, 0.05) is 25.2 Å². The topological polar surface area (TPSA) is 98.2 Å². The van der Waals surface area contributed by atoms with Crippen LogP contribution in [0.1, 0.15) is 19.6 Å². The SMILES string of the molecule is C[C@H]1CN(C2=NC(=O)/C(=C/c3ccc(-c4ccccc4[N+](=O)[O-])o3)S2)C[C@H](C)O1. The monoisotopic (exact) mass is 413 g/mol. The lowest BCUT2D eigenvalue weighted by Crippen LogP contribution is -2.47. The molecule has 0 saturated carbocycles. The van der Waals surface area contributed by atoms with Gasteiger partial charge in [-0.15, -0.1) is 0 Å². The lowest BCUT2D eigenvalue weighted by Gasteiger charge is -2.35. The van der Waals surface area contributed by atoms with E-state index >= 15 is 0 Å². The number of carbonyl (C=O) groups excluding carboxylic acids is 1. The highest BCUT2D eigenvalue weighted by atomic mass is 32.2. The van der Waals surface area contributed by atoms with Gasteiger partial charge in [-0.1, -0.05) is 12.1 Å². The number of aliphatic imine (C=N–C) groups is 1. The molecule has 2 aliphatic heterocycles. The van der Waals surface area contributed by atoms with Crippen molar-refractivity contribution in [3.05, 3.63) is 57.2 Å². The summed E-state index contributed by atoms with van der Waals surface area (Å²) in [5.74, 6) is 0.492. The highest BCUT2D eigenvalue weighted by molar-refractivity contribution is 8.18. The van der Waals surface area contributed by atoms with Gasteiger partial charge in [0.2, 0.25) is 0 Å². The number of morpholine rings is 1. The number of nitro benzene ring substituents is 1. The van der Waals surface area contributed by atoms with E-state index < -0.39 is 4.92 Å². The quantitative estimate of drug-likeness (QED) is 0.427. The van der Waals surface area contributed by atoms with Gasteiger partial charge in [0.05, 0.1) is 27.6 Å². The lowest BCUT2D eigenvalue weighted by molar-refractivity contribution is -0.384. The fourth-order valence-corrected chi connectivity index (χ4v) is 4.32. The molecule has 0 unspecified atom stereocenters. The number of thioether (sulfide) groups is 1. The van der Waals surface area contributed by atoms with Crippen LogP contribution in [0.4, 0.5) is 5.69 Å². The molecular formula is C20H19N3O5S. The van der Waals surface area contributed by atoms with Crippen molar-refractivity contribution in [2.24, 2.45) is 4.99 Å². The molecule has 0 radical (unpaired) electrons. The van der Waals surface area contributed by atoms with Crippen molar-refractivity contribution in [1.82, 2.24) is 4.90 Å². The number of amides is 1. The number of rotatable bonds is 3. The Labute approximate surface area is 171 Å². The highest BCUT2D eigenvalue weighted by Gasteiger charge is 2.31. The molecule has 1 amide bonds. The Hall–Kier alpha value is -2.91. The van der Waals surface area contributed by atoms with Gasteiger partial charge in [0.25, 0.3) is 11.6 Å². The Kier molecular flexibility index (Phi) is 5.25. The molecule has 1 aromatic carbocycles. The van der Waals surface area contributed by atoms with E-state index in [1.165, 1.54) is 17.8 Å². The van der Waals surface area contributed by atoms with E-state index in [1.807, 2.05) is 13.8 Å². The van der Waals surface area contributed by atoms with E-state index in [0.717, 1.165) is 0 Å². The van der Waals surface area contributed by atoms with Crippen LogP contribution in [-0.2, 0) is 9.53 Å². The number of para-hydroxylation sites is 1. The molecule has 150 valence electrons. The maximum Gasteiger partial charge on any atom is 0.286 e. The molecule has 1 aromatic heterocycles. The Balaban J connectivity index is 1.53. The second-order valence-corrected chi connectivity index (χ2v) is 7.96. The summed E-state index contributed by atoms with van der Waals surface area (Å²) in [6.45, 7) is 5.35. The number of nitro groups is 1. The molecule has 3 heterocycles. The van der Waals surface area contributed by atoms with Crippen LogP contribution < -0.4 is 0 Å². The molecular weight excluding hydrogens is 394 g/mol. The van der Waals surface area contributed by atoms with E-state index in [1.54, 1.807) is 36.4 Å². The first-order chi connectivity index (χ1) is 13.9. The number of hydrogen-bond donors (Lipinski definition) is 0. The van der Waals surface area contributed by atoms with Gasteiger partial charge in [-0.25, -0.2) is 0 Å². The minimum absolute atomic E-state index is 0.0338. The molecule has 29 heavy (non-hydrogen) atoms. The molecule has 8 nitrogen and oxygen atoms in total. The zero-order valence-electron chi connectivity index (χ0n) is 15.9. The molecule has 2 aliphatic rings.